The van der Waals surface area contributed by atoms with Crippen LogP contribution in [0.1, 0.15) is 40.6 Å². The zero-order valence-electron chi connectivity index (χ0n) is 16.5. The predicted octanol–water partition coefficient (Wildman–Crippen LogP) is 3.92. The topological polar surface area (TPSA) is 56.7 Å². The third-order valence-corrected chi connectivity index (χ3v) is 5.95. The van der Waals surface area contributed by atoms with Gasteiger partial charge in [-0.2, -0.15) is 0 Å². The van der Waals surface area contributed by atoms with Crippen molar-refractivity contribution in [2.24, 2.45) is 4.99 Å². The van der Waals surface area contributed by atoms with E-state index in [1.54, 1.807) is 7.05 Å². The van der Waals surface area contributed by atoms with E-state index in [1.165, 1.54) is 20.9 Å². The molecule has 7 heteroatoms. The number of halogens is 1. The van der Waals surface area contributed by atoms with E-state index in [2.05, 4.69) is 58.9 Å². The number of carbonyl (C=O) groups excluding carboxylic acids is 1. The standard InChI is InChI=1S/C21H28N4OS.HI/c1-3-18-9-10-19(27-18)14-24-21(22-2)23-13-16-6-4-7-17(12-16)15-25-11-5-8-20(25)26;/h4,6-7,9-10,12H,3,5,8,11,13-15H2,1-2H3,(H2,22,23,24);1H. The number of likely N-dealkylation sites (tertiary alicyclic amines) is 1. The molecule has 1 aliphatic heterocycles. The van der Waals surface area contributed by atoms with Crippen LogP contribution in [-0.4, -0.2) is 30.4 Å². The molecule has 0 bridgehead atoms. The summed E-state index contributed by atoms with van der Waals surface area (Å²) < 4.78 is 0. The molecule has 1 aromatic heterocycles. The summed E-state index contributed by atoms with van der Waals surface area (Å²) in [5, 5.41) is 6.74. The minimum Gasteiger partial charge on any atom is -0.352 e. The molecule has 1 saturated heterocycles. The van der Waals surface area contributed by atoms with Crippen molar-refractivity contribution in [3.8, 4) is 0 Å². The van der Waals surface area contributed by atoms with Crippen LogP contribution in [0.4, 0.5) is 0 Å². The van der Waals surface area contributed by atoms with Crippen LogP contribution in [0.3, 0.4) is 0 Å². The molecule has 5 nitrogen and oxygen atoms in total. The molecule has 2 N–H and O–H groups in total. The summed E-state index contributed by atoms with van der Waals surface area (Å²) in [7, 11) is 1.79. The lowest BCUT2D eigenvalue weighted by molar-refractivity contribution is -0.128. The molecule has 1 fully saturated rings. The van der Waals surface area contributed by atoms with Crippen molar-refractivity contribution < 1.29 is 4.79 Å². The number of hydrogen-bond acceptors (Lipinski definition) is 3. The van der Waals surface area contributed by atoms with Crippen LogP contribution in [-0.2, 0) is 30.8 Å². The molecule has 1 aliphatic rings. The molecular weight excluding hydrogens is 483 g/mol. The lowest BCUT2D eigenvalue weighted by Gasteiger charge is -2.16. The number of benzene rings is 1. The predicted molar refractivity (Wildman–Crippen MR) is 127 cm³/mol. The molecule has 2 aromatic rings. The first kappa shape index (κ1) is 22.7. The van der Waals surface area contributed by atoms with Crippen LogP contribution in [0, 0.1) is 0 Å². The molecule has 1 aromatic carbocycles. The summed E-state index contributed by atoms with van der Waals surface area (Å²) in [6, 6.07) is 12.8. The van der Waals surface area contributed by atoms with Gasteiger partial charge in [0.25, 0.3) is 0 Å². The normalized spacial score (nSPS) is 14.1. The fourth-order valence-corrected chi connectivity index (χ4v) is 4.11. The maximum absolute atomic E-state index is 11.8. The van der Waals surface area contributed by atoms with Crippen molar-refractivity contribution in [1.82, 2.24) is 15.5 Å². The van der Waals surface area contributed by atoms with Crippen molar-refractivity contribution in [2.75, 3.05) is 13.6 Å². The maximum atomic E-state index is 11.8. The fraction of sp³-hybridized carbons (Fsp3) is 0.429. The first-order valence-corrected chi connectivity index (χ1v) is 10.4. The van der Waals surface area contributed by atoms with Crippen LogP contribution in [0.25, 0.3) is 0 Å². The number of hydrogen-bond donors (Lipinski definition) is 2. The van der Waals surface area contributed by atoms with Gasteiger partial charge in [0, 0.05) is 42.9 Å². The van der Waals surface area contributed by atoms with E-state index in [9.17, 15) is 4.79 Å². The lowest BCUT2D eigenvalue weighted by atomic mass is 10.1. The second-order valence-corrected chi connectivity index (χ2v) is 7.99. The highest BCUT2D eigenvalue weighted by atomic mass is 127. The van der Waals surface area contributed by atoms with Crippen LogP contribution in [0.15, 0.2) is 41.4 Å². The maximum Gasteiger partial charge on any atom is 0.222 e. The van der Waals surface area contributed by atoms with Crippen molar-refractivity contribution in [3.05, 3.63) is 57.3 Å². The summed E-state index contributed by atoms with van der Waals surface area (Å²) in [6.07, 6.45) is 2.75. The van der Waals surface area contributed by atoms with Gasteiger partial charge in [-0.3, -0.25) is 9.79 Å². The van der Waals surface area contributed by atoms with E-state index in [-0.39, 0.29) is 29.9 Å². The number of amides is 1. The SMILES string of the molecule is CCc1ccc(CNC(=NC)NCc2cccc(CN3CCCC3=O)c2)s1.I. The summed E-state index contributed by atoms with van der Waals surface area (Å²) in [4.78, 5) is 20.8. The van der Waals surface area contributed by atoms with E-state index >= 15 is 0 Å². The summed E-state index contributed by atoms with van der Waals surface area (Å²) in [5.74, 6) is 1.06. The van der Waals surface area contributed by atoms with Crippen molar-refractivity contribution in [1.29, 1.82) is 0 Å². The van der Waals surface area contributed by atoms with Gasteiger partial charge in [0.1, 0.15) is 0 Å². The number of carbonyl (C=O) groups is 1. The van der Waals surface area contributed by atoms with E-state index in [4.69, 9.17) is 0 Å². The fourth-order valence-electron chi connectivity index (χ4n) is 3.21. The largest absolute Gasteiger partial charge is 0.352 e. The van der Waals surface area contributed by atoms with E-state index in [1.807, 2.05) is 16.2 Å². The summed E-state index contributed by atoms with van der Waals surface area (Å²) in [6.45, 7) is 5.24. The second-order valence-electron chi connectivity index (χ2n) is 6.74. The molecule has 2 heterocycles. The average Bonchev–Trinajstić information content (AvgIpc) is 3.31. The molecule has 152 valence electrons. The first-order valence-electron chi connectivity index (χ1n) is 9.55. The third kappa shape index (κ3) is 6.48. The Morgan fingerprint density at radius 3 is 2.57 bits per heavy atom. The Bertz CT molecular complexity index is 805. The summed E-state index contributed by atoms with van der Waals surface area (Å²) in [5.41, 5.74) is 2.37. The zero-order chi connectivity index (χ0) is 19.1. The Morgan fingerprint density at radius 1 is 1.14 bits per heavy atom. The van der Waals surface area contributed by atoms with Gasteiger partial charge in [-0.15, -0.1) is 35.3 Å². The second kappa shape index (κ2) is 11.4. The van der Waals surface area contributed by atoms with Gasteiger partial charge in [-0.05, 0) is 36.1 Å². The van der Waals surface area contributed by atoms with Gasteiger partial charge >= 0.3 is 0 Å². The monoisotopic (exact) mass is 512 g/mol. The molecule has 0 radical (unpaired) electrons. The Morgan fingerprint density at radius 2 is 1.89 bits per heavy atom. The molecule has 0 aliphatic carbocycles. The van der Waals surface area contributed by atoms with Gasteiger partial charge < -0.3 is 15.5 Å². The quantitative estimate of drug-likeness (QED) is 0.336. The molecular formula is C21H29IN4OS. The molecule has 28 heavy (non-hydrogen) atoms. The number of aryl methyl sites for hydroxylation is 1. The molecule has 1 amide bonds. The van der Waals surface area contributed by atoms with Gasteiger partial charge in [-0.25, -0.2) is 0 Å². The highest BCUT2D eigenvalue weighted by Gasteiger charge is 2.19. The minimum atomic E-state index is 0. The van der Waals surface area contributed by atoms with Crippen LogP contribution < -0.4 is 10.6 Å². The number of rotatable bonds is 7. The molecule has 3 rings (SSSR count). The highest BCUT2D eigenvalue weighted by molar-refractivity contribution is 14.0. The number of nitrogens with one attached hydrogen (secondary N) is 2. The molecule has 0 atom stereocenters. The smallest absolute Gasteiger partial charge is 0.222 e. The molecule has 0 saturated carbocycles. The van der Waals surface area contributed by atoms with Crippen LogP contribution in [0.2, 0.25) is 0 Å². The van der Waals surface area contributed by atoms with E-state index < -0.39 is 0 Å². The van der Waals surface area contributed by atoms with Crippen molar-refractivity contribution in [3.63, 3.8) is 0 Å². The van der Waals surface area contributed by atoms with Gasteiger partial charge in [0.2, 0.25) is 5.91 Å². The number of nitrogens with zero attached hydrogens (tertiary/aromatic N) is 2. The molecule has 0 unspecified atom stereocenters. The van der Waals surface area contributed by atoms with Gasteiger partial charge in [0.05, 0.1) is 6.54 Å². The van der Waals surface area contributed by atoms with Crippen LogP contribution >= 0.6 is 35.3 Å². The molecule has 0 spiro atoms. The van der Waals surface area contributed by atoms with Gasteiger partial charge in [-0.1, -0.05) is 31.2 Å². The van der Waals surface area contributed by atoms with Gasteiger partial charge in [0.15, 0.2) is 5.96 Å². The Kier molecular flexibility index (Phi) is 9.24. The summed E-state index contributed by atoms with van der Waals surface area (Å²) >= 11 is 1.84. The first-order chi connectivity index (χ1) is 13.2. The Balaban J connectivity index is 0.00000280. The lowest BCUT2D eigenvalue weighted by Crippen LogP contribution is -2.36. The Labute approximate surface area is 188 Å². The number of thiophene rings is 1. The van der Waals surface area contributed by atoms with Crippen molar-refractivity contribution >= 4 is 47.2 Å². The minimum absolute atomic E-state index is 0. The average molecular weight is 512 g/mol. The highest BCUT2D eigenvalue weighted by Crippen LogP contribution is 2.17. The van der Waals surface area contributed by atoms with E-state index in [0.29, 0.717) is 19.5 Å². The van der Waals surface area contributed by atoms with Crippen molar-refractivity contribution in [2.45, 2.75) is 45.8 Å². The third-order valence-electron chi connectivity index (χ3n) is 4.72. The number of guanidine groups is 1. The zero-order valence-corrected chi connectivity index (χ0v) is 19.7. The Hall–Kier alpha value is -1.61. The van der Waals surface area contributed by atoms with E-state index in [0.717, 1.165) is 31.9 Å². The number of aliphatic imine (C=N–C) groups is 1. The van der Waals surface area contributed by atoms with Crippen LogP contribution in [0.5, 0.6) is 0 Å².